The zero-order valence-electron chi connectivity index (χ0n) is 15.4. The molecule has 0 spiro atoms. The minimum Gasteiger partial charge on any atom is -0.355 e. The molecule has 3 aromatic rings. The number of amides is 1. The van der Waals surface area contributed by atoms with Gasteiger partial charge in [0.25, 0.3) is 5.91 Å². The van der Waals surface area contributed by atoms with Crippen LogP contribution in [0.25, 0.3) is 0 Å². The Kier molecular flexibility index (Phi) is 4.91. The van der Waals surface area contributed by atoms with Crippen LogP contribution < -0.4 is 10.2 Å². The van der Waals surface area contributed by atoms with Crippen molar-refractivity contribution in [3.05, 3.63) is 65.9 Å². The van der Waals surface area contributed by atoms with Crippen molar-refractivity contribution in [2.75, 3.05) is 18.0 Å². The van der Waals surface area contributed by atoms with Crippen LogP contribution in [0.5, 0.6) is 0 Å². The maximum atomic E-state index is 12.5. The molecule has 0 aliphatic carbocycles. The topological polar surface area (TPSA) is 78.8 Å². The highest BCUT2D eigenvalue weighted by atomic mass is 16.1. The van der Waals surface area contributed by atoms with Crippen LogP contribution in [-0.4, -0.2) is 44.8 Å². The van der Waals surface area contributed by atoms with E-state index in [-0.39, 0.29) is 11.9 Å². The van der Waals surface area contributed by atoms with Gasteiger partial charge in [-0.3, -0.25) is 9.89 Å². The van der Waals surface area contributed by atoms with Gasteiger partial charge in [0.05, 0.1) is 6.33 Å². The second-order valence-electron chi connectivity index (χ2n) is 7.08. The van der Waals surface area contributed by atoms with E-state index in [9.17, 15) is 4.79 Å². The van der Waals surface area contributed by atoms with Crippen LogP contribution in [0.4, 0.5) is 5.82 Å². The highest BCUT2D eigenvalue weighted by Crippen LogP contribution is 2.18. The fourth-order valence-corrected chi connectivity index (χ4v) is 3.44. The van der Waals surface area contributed by atoms with Crippen LogP contribution in [0.3, 0.4) is 0 Å². The molecule has 0 bridgehead atoms. The van der Waals surface area contributed by atoms with E-state index in [4.69, 9.17) is 0 Å². The minimum absolute atomic E-state index is 0.00163. The smallest absolute Gasteiger partial charge is 0.251 e. The summed E-state index contributed by atoms with van der Waals surface area (Å²) in [5, 5.41) is 10.5. The van der Waals surface area contributed by atoms with E-state index in [0.29, 0.717) is 5.56 Å². The number of H-pyrrole nitrogens is 1. The molecule has 0 unspecified atom stereocenters. The highest BCUT2D eigenvalue weighted by molar-refractivity contribution is 5.94. The number of nitrogens with zero attached hydrogens (tertiary/aromatic N) is 4. The third-order valence-electron chi connectivity index (χ3n) is 4.99. The van der Waals surface area contributed by atoms with Gasteiger partial charge < -0.3 is 14.8 Å². The molecule has 2 aromatic heterocycles. The third kappa shape index (κ3) is 4.19. The molecule has 1 aliphatic rings. The van der Waals surface area contributed by atoms with E-state index in [0.717, 1.165) is 49.6 Å². The van der Waals surface area contributed by atoms with Crippen LogP contribution in [-0.2, 0) is 6.54 Å². The molecule has 0 radical (unpaired) electrons. The number of nitrogens with one attached hydrogen (secondary N) is 2. The van der Waals surface area contributed by atoms with Crippen molar-refractivity contribution in [2.24, 2.45) is 0 Å². The second-order valence-corrected chi connectivity index (χ2v) is 7.08. The lowest BCUT2D eigenvalue weighted by Gasteiger charge is -2.32. The second kappa shape index (κ2) is 7.65. The zero-order chi connectivity index (χ0) is 18.6. The van der Waals surface area contributed by atoms with Gasteiger partial charge in [0.15, 0.2) is 5.82 Å². The molecular weight excluding hydrogens is 340 g/mol. The van der Waals surface area contributed by atoms with Gasteiger partial charge in [0.2, 0.25) is 0 Å². The van der Waals surface area contributed by atoms with Crippen LogP contribution in [0.15, 0.2) is 49.1 Å². The van der Waals surface area contributed by atoms with Crippen LogP contribution in [0.2, 0.25) is 0 Å². The lowest BCUT2D eigenvalue weighted by Crippen LogP contribution is -2.44. The average molecular weight is 364 g/mol. The zero-order valence-corrected chi connectivity index (χ0v) is 15.4. The fourth-order valence-electron chi connectivity index (χ4n) is 3.44. The summed E-state index contributed by atoms with van der Waals surface area (Å²) in [6.45, 7) is 4.56. The van der Waals surface area contributed by atoms with E-state index in [1.165, 1.54) is 0 Å². The molecular formula is C20H24N6O. The number of carbonyl (C=O) groups is 1. The molecule has 7 heteroatoms. The third-order valence-corrected chi connectivity index (χ3v) is 4.99. The lowest BCUT2D eigenvalue weighted by atomic mass is 10.0. The Hall–Kier alpha value is -3.09. The quantitative estimate of drug-likeness (QED) is 0.728. The standard InChI is InChI=1S/C20H24N6O/c1-15-12-19(24-23-15)26-9-6-18(7-10-26)22-20(27)17-4-2-16(3-5-17)13-25-11-8-21-14-25/h2-5,8,11-12,14,18H,6-7,9-10,13H2,1H3,(H,22,27)(H,23,24). The van der Waals surface area contributed by atoms with Gasteiger partial charge in [-0.15, -0.1) is 0 Å². The van der Waals surface area contributed by atoms with Gasteiger partial charge in [0, 0.05) is 55.4 Å². The molecule has 140 valence electrons. The number of rotatable bonds is 5. The summed E-state index contributed by atoms with van der Waals surface area (Å²) < 4.78 is 2.00. The number of piperidine rings is 1. The summed E-state index contributed by atoms with van der Waals surface area (Å²) in [5.41, 5.74) is 2.92. The number of hydrogen-bond donors (Lipinski definition) is 2. The Morgan fingerprint density at radius 1 is 1.26 bits per heavy atom. The molecule has 7 nitrogen and oxygen atoms in total. The molecule has 1 fully saturated rings. The Morgan fingerprint density at radius 2 is 2.04 bits per heavy atom. The number of imidazole rings is 1. The van der Waals surface area contributed by atoms with Gasteiger partial charge in [-0.25, -0.2) is 4.98 Å². The van der Waals surface area contributed by atoms with Gasteiger partial charge in [-0.1, -0.05) is 12.1 Å². The van der Waals surface area contributed by atoms with Crippen LogP contribution >= 0.6 is 0 Å². The minimum atomic E-state index is -0.00163. The molecule has 2 N–H and O–H groups in total. The van der Waals surface area contributed by atoms with Gasteiger partial charge >= 0.3 is 0 Å². The van der Waals surface area contributed by atoms with Crippen LogP contribution in [0.1, 0.15) is 34.5 Å². The van der Waals surface area contributed by atoms with E-state index in [1.54, 1.807) is 12.5 Å². The number of carbonyl (C=O) groups excluding carboxylic acids is 1. The molecule has 0 atom stereocenters. The Labute approximate surface area is 158 Å². The normalized spacial score (nSPS) is 15.1. The molecule has 3 heterocycles. The summed E-state index contributed by atoms with van der Waals surface area (Å²) in [6, 6.07) is 10.0. The fraction of sp³-hybridized carbons (Fsp3) is 0.350. The number of anilines is 1. The molecule has 1 aromatic carbocycles. The summed E-state index contributed by atoms with van der Waals surface area (Å²) in [5.74, 6) is 0.990. The molecule has 4 rings (SSSR count). The van der Waals surface area contributed by atoms with E-state index >= 15 is 0 Å². The first-order valence-corrected chi connectivity index (χ1v) is 9.30. The van der Waals surface area contributed by atoms with Crippen molar-refractivity contribution in [2.45, 2.75) is 32.4 Å². The van der Waals surface area contributed by atoms with Crippen molar-refractivity contribution in [3.63, 3.8) is 0 Å². The monoisotopic (exact) mass is 364 g/mol. The van der Waals surface area contributed by atoms with Gasteiger partial charge in [-0.05, 0) is 37.5 Å². The largest absolute Gasteiger partial charge is 0.355 e. The van der Waals surface area contributed by atoms with E-state index in [2.05, 4.69) is 31.5 Å². The number of hydrogen-bond acceptors (Lipinski definition) is 4. The van der Waals surface area contributed by atoms with Crippen molar-refractivity contribution in [3.8, 4) is 0 Å². The Bertz CT molecular complexity index is 876. The van der Waals surface area contributed by atoms with Gasteiger partial charge in [-0.2, -0.15) is 5.10 Å². The number of benzene rings is 1. The summed E-state index contributed by atoms with van der Waals surface area (Å²) in [4.78, 5) is 18.8. The van der Waals surface area contributed by atoms with Crippen molar-refractivity contribution in [1.82, 2.24) is 25.1 Å². The maximum Gasteiger partial charge on any atom is 0.251 e. The average Bonchev–Trinajstić information content (AvgIpc) is 3.35. The molecule has 1 amide bonds. The predicted octanol–water partition coefficient (Wildman–Crippen LogP) is 2.36. The van der Waals surface area contributed by atoms with E-state index < -0.39 is 0 Å². The summed E-state index contributed by atoms with van der Waals surface area (Å²) >= 11 is 0. The van der Waals surface area contributed by atoms with Crippen LogP contribution in [0, 0.1) is 6.92 Å². The first kappa shape index (κ1) is 17.3. The van der Waals surface area contributed by atoms with Crippen molar-refractivity contribution < 1.29 is 4.79 Å². The predicted molar refractivity (Wildman–Crippen MR) is 104 cm³/mol. The number of aromatic amines is 1. The highest BCUT2D eigenvalue weighted by Gasteiger charge is 2.22. The SMILES string of the molecule is Cc1cc(N2CCC(NC(=O)c3ccc(Cn4ccnc4)cc3)CC2)n[nH]1. The number of aromatic nitrogens is 4. The Balaban J connectivity index is 1.29. The first-order valence-electron chi connectivity index (χ1n) is 9.30. The molecule has 27 heavy (non-hydrogen) atoms. The maximum absolute atomic E-state index is 12.5. The molecule has 1 saturated heterocycles. The number of aryl methyl sites for hydroxylation is 1. The summed E-state index contributed by atoms with van der Waals surface area (Å²) in [7, 11) is 0. The van der Waals surface area contributed by atoms with E-state index in [1.807, 2.05) is 42.0 Å². The van der Waals surface area contributed by atoms with Crippen molar-refractivity contribution in [1.29, 1.82) is 0 Å². The molecule has 1 aliphatic heterocycles. The van der Waals surface area contributed by atoms with Gasteiger partial charge in [0.1, 0.15) is 0 Å². The Morgan fingerprint density at radius 3 is 2.67 bits per heavy atom. The lowest BCUT2D eigenvalue weighted by molar-refractivity contribution is 0.0931. The molecule has 0 saturated carbocycles. The summed E-state index contributed by atoms with van der Waals surface area (Å²) in [6.07, 6.45) is 7.34. The van der Waals surface area contributed by atoms with Crippen molar-refractivity contribution >= 4 is 11.7 Å². The first-order chi connectivity index (χ1) is 13.2.